The topological polar surface area (TPSA) is 94.8 Å². The van der Waals surface area contributed by atoms with E-state index in [-0.39, 0.29) is 42.7 Å². The number of fused-ring (bicyclic) bond motifs is 1. The van der Waals surface area contributed by atoms with Crippen LogP contribution < -0.4 is 10.6 Å². The van der Waals surface area contributed by atoms with Crippen LogP contribution in [-0.2, 0) is 4.79 Å². The normalized spacial score (nSPS) is 22.3. The van der Waals surface area contributed by atoms with E-state index in [9.17, 15) is 9.90 Å². The van der Waals surface area contributed by atoms with Gasteiger partial charge in [-0.1, -0.05) is 27.7 Å². The lowest BCUT2D eigenvalue weighted by Crippen LogP contribution is -2.49. The predicted octanol–water partition coefficient (Wildman–Crippen LogP) is 1.42. The van der Waals surface area contributed by atoms with Gasteiger partial charge in [-0.3, -0.25) is 4.79 Å². The maximum Gasteiger partial charge on any atom is 0.243 e. The molecule has 2 aliphatic rings. The van der Waals surface area contributed by atoms with Gasteiger partial charge in [0.2, 0.25) is 12.3 Å². The van der Waals surface area contributed by atoms with E-state index in [1.807, 2.05) is 6.07 Å². The molecule has 0 aromatic carbocycles. The molecule has 3 rings (SSSR count). The van der Waals surface area contributed by atoms with Gasteiger partial charge in [0, 0.05) is 12.6 Å². The number of aliphatic hydroxyl groups excluding tert-OH is 1. The molecular weight excluding hydrogens is 368 g/mol. The molecule has 1 aromatic heterocycles. The number of nitrogens with one attached hydrogen (secondary N) is 2. The van der Waals surface area contributed by atoms with E-state index < -0.39 is 6.35 Å². The Morgan fingerprint density at radius 2 is 2.11 bits per heavy atom. The number of nitrogens with zero attached hydrogens (tertiary/aromatic N) is 4. The molecule has 152 valence electrons. The van der Waals surface area contributed by atoms with Crippen LogP contribution in [0, 0.1) is 5.92 Å². The van der Waals surface area contributed by atoms with Crippen molar-refractivity contribution in [3.63, 3.8) is 0 Å². The van der Waals surface area contributed by atoms with E-state index in [4.69, 9.17) is 0 Å². The van der Waals surface area contributed by atoms with Gasteiger partial charge in [0.15, 0.2) is 0 Å². The molecule has 3 N–H and O–H groups in total. The van der Waals surface area contributed by atoms with Crippen molar-refractivity contribution in [2.75, 3.05) is 19.6 Å². The second kappa shape index (κ2) is 9.03. The van der Waals surface area contributed by atoms with Gasteiger partial charge < -0.3 is 15.7 Å². The van der Waals surface area contributed by atoms with Crippen LogP contribution in [0.2, 0.25) is 0 Å². The van der Waals surface area contributed by atoms with Gasteiger partial charge in [-0.15, -0.1) is 12.4 Å². The number of rotatable bonds is 5. The molecule has 0 spiro atoms. The van der Waals surface area contributed by atoms with E-state index in [2.05, 4.69) is 48.5 Å². The number of carbonyl (C=O) groups is 1. The summed E-state index contributed by atoms with van der Waals surface area (Å²) >= 11 is 0. The van der Waals surface area contributed by atoms with Gasteiger partial charge in [-0.2, -0.15) is 10.2 Å². The number of piperidine rings is 1. The van der Waals surface area contributed by atoms with E-state index >= 15 is 0 Å². The molecule has 8 nitrogen and oxygen atoms in total. The van der Waals surface area contributed by atoms with Gasteiger partial charge in [-0.25, -0.2) is 9.69 Å². The van der Waals surface area contributed by atoms with Crippen molar-refractivity contribution in [2.45, 2.75) is 58.8 Å². The van der Waals surface area contributed by atoms with E-state index in [1.165, 1.54) is 5.01 Å². The van der Waals surface area contributed by atoms with Crippen LogP contribution in [0.3, 0.4) is 0 Å². The SMILES string of the molecule is CC(C)C1=NN(CC(=O)N[C@@H]2CCCNC2)[C@@H](O)n2nc(C(C)C)cc21.Cl. The van der Waals surface area contributed by atoms with Crippen molar-refractivity contribution in [3.8, 4) is 0 Å². The molecule has 0 unspecified atom stereocenters. The summed E-state index contributed by atoms with van der Waals surface area (Å²) in [6, 6.07) is 2.12. The molecule has 0 saturated carbocycles. The minimum Gasteiger partial charge on any atom is -0.354 e. The molecule has 0 aliphatic carbocycles. The number of carbonyl (C=O) groups excluding carboxylic acids is 1. The lowest BCUT2D eigenvalue weighted by Gasteiger charge is -2.32. The van der Waals surface area contributed by atoms with Gasteiger partial charge in [-0.05, 0) is 37.3 Å². The summed E-state index contributed by atoms with van der Waals surface area (Å²) in [5.74, 6) is 0.277. The van der Waals surface area contributed by atoms with Gasteiger partial charge in [0.25, 0.3) is 0 Å². The molecule has 1 amide bonds. The van der Waals surface area contributed by atoms with Crippen LogP contribution in [0.25, 0.3) is 0 Å². The zero-order valence-electron chi connectivity index (χ0n) is 16.5. The van der Waals surface area contributed by atoms with Crippen LogP contribution in [0.15, 0.2) is 11.2 Å². The lowest BCUT2D eigenvalue weighted by atomic mass is 10.0. The zero-order valence-corrected chi connectivity index (χ0v) is 17.3. The summed E-state index contributed by atoms with van der Waals surface area (Å²) in [5.41, 5.74) is 2.57. The molecule has 9 heteroatoms. The molecule has 3 heterocycles. The third kappa shape index (κ3) is 4.80. The van der Waals surface area contributed by atoms with Crippen molar-refractivity contribution >= 4 is 24.0 Å². The second-order valence-electron chi connectivity index (χ2n) is 7.75. The van der Waals surface area contributed by atoms with Gasteiger partial charge >= 0.3 is 0 Å². The maximum atomic E-state index is 12.4. The van der Waals surface area contributed by atoms with Crippen molar-refractivity contribution in [3.05, 3.63) is 17.5 Å². The molecule has 2 atom stereocenters. The average molecular weight is 399 g/mol. The molecule has 1 aromatic rings. The summed E-state index contributed by atoms with van der Waals surface area (Å²) in [5, 5.41) is 27.5. The predicted molar refractivity (Wildman–Crippen MR) is 107 cm³/mol. The Kier molecular flexibility index (Phi) is 7.25. The number of halogens is 1. The average Bonchev–Trinajstić information content (AvgIpc) is 3.04. The van der Waals surface area contributed by atoms with Crippen molar-refractivity contribution < 1.29 is 9.90 Å². The van der Waals surface area contributed by atoms with Crippen LogP contribution in [-0.4, -0.2) is 57.2 Å². The Bertz CT molecular complexity index is 681. The summed E-state index contributed by atoms with van der Waals surface area (Å²) in [6.45, 7) is 10.0. The Morgan fingerprint density at radius 3 is 2.70 bits per heavy atom. The Balaban J connectivity index is 0.00000261. The summed E-state index contributed by atoms with van der Waals surface area (Å²) in [7, 11) is 0. The summed E-state index contributed by atoms with van der Waals surface area (Å²) < 4.78 is 1.58. The minimum absolute atomic E-state index is 0. The van der Waals surface area contributed by atoms with Crippen molar-refractivity contribution in [2.24, 2.45) is 11.0 Å². The number of hydrogen-bond acceptors (Lipinski definition) is 6. The minimum atomic E-state index is -1.07. The van der Waals surface area contributed by atoms with Crippen LogP contribution in [0.4, 0.5) is 0 Å². The van der Waals surface area contributed by atoms with Crippen LogP contribution >= 0.6 is 12.4 Å². The molecule has 1 fully saturated rings. The monoisotopic (exact) mass is 398 g/mol. The third-order valence-electron chi connectivity index (χ3n) is 4.84. The van der Waals surface area contributed by atoms with Crippen molar-refractivity contribution in [1.29, 1.82) is 0 Å². The van der Waals surface area contributed by atoms with E-state index in [1.54, 1.807) is 4.68 Å². The summed E-state index contributed by atoms with van der Waals surface area (Å²) in [4.78, 5) is 12.4. The van der Waals surface area contributed by atoms with Gasteiger partial charge in [0.1, 0.15) is 6.54 Å². The number of aliphatic hydroxyl groups is 1. The first kappa shape index (κ1) is 21.7. The van der Waals surface area contributed by atoms with Gasteiger partial charge in [0.05, 0.1) is 17.1 Å². The highest BCUT2D eigenvalue weighted by molar-refractivity contribution is 6.01. The molecule has 1 saturated heterocycles. The van der Waals surface area contributed by atoms with Crippen LogP contribution in [0.1, 0.15) is 64.2 Å². The molecule has 27 heavy (non-hydrogen) atoms. The first-order valence-electron chi connectivity index (χ1n) is 9.50. The Morgan fingerprint density at radius 1 is 1.37 bits per heavy atom. The highest BCUT2D eigenvalue weighted by Gasteiger charge is 2.31. The fourth-order valence-electron chi connectivity index (χ4n) is 3.35. The quantitative estimate of drug-likeness (QED) is 0.697. The first-order valence-corrected chi connectivity index (χ1v) is 9.50. The number of hydrazone groups is 1. The number of hydrogen-bond donors (Lipinski definition) is 3. The standard InChI is InChI=1S/C18H30N6O2.ClH/c1-11(2)14-8-15-17(12(3)4)22-23(18(26)24(15)21-14)10-16(25)20-13-6-5-7-19-9-13;/h8,11-13,18-19,26H,5-7,9-10H2,1-4H3,(H,20,25);1H/t13-,18-;/m1./s1. The fourth-order valence-corrected chi connectivity index (χ4v) is 3.35. The fraction of sp³-hybridized carbons (Fsp3) is 0.722. The van der Waals surface area contributed by atoms with E-state index in [0.29, 0.717) is 0 Å². The Hall–Kier alpha value is -1.64. The Labute approximate surface area is 166 Å². The maximum absolute atomic E-state index is 12.4. The van der Waals surface area contributed by atoms with E-state index in [0.717, 1.165) is 43.0 Å². The van der Waals surface area contributed by atoms with Crippen LogP contribution in [0.5, 0.6) is 0 Å². The smallest absolute Gasteiger partial charge is 0.243 e. The number of aromatic nitrogens is 2. The summed E-state index contributed by atoms with van der Waals surface area (Å²) in [6.07, 6.45) is 0.958. The highest BCUT2D eigenvalue weighted by Crippen LogP contribution is 2.26. The molecular formula is C18H31ClN6O2. The number of amides is 1. The third-order valence-corrected chi connectivity index (χ3v) is 4.84. The lowest BCUT2D eigenvalue weighted by molar-refractivity contribution is -0.130. The molecule has 0 bridgehead atoms. The zero-order chi connectivity index (χ0) is 18.8. The molecule has 2 aliphatic heterocycles. The second-order valence-corrected chi connectivity index (χ2v) is 7.75. The largest absolute Gasteiger partial charge is 0.354 e. The molecule has 0 radical (unpaired) electrons. The highest BCUT2D eigenvalue weighted by atomic mass is 35.5. The first-order chi connectivity index (χ1) is 12.4. The van der Waals surface area contributed by atoms with Crippen molar-refractivity contribution in [1.82, 2.24) is 25.4 Å².